The van der Waals surface area contributed by atoms with Gasteiger partial charge in [0.05, 0.1) is 18.2 Å². The van der Waals surface area contributed by atoms with E-state index in [9.17, 15) is 24.8 Å². The highest BCUT2D eigenvalue weighted by molar-refractivity contribution is 6.39. The van der Waals surface area contributed by atoms with Crippen molar-refractivity contribution < 1.29 is 24.4 Å². The van der Waals surface area contributed by atoms with Crippen LogP contribution in [0, 0.1) is 10.1 Å². The number of rotatable bonds is 5. The number of nitro benzene ring substituents is 1. The van der Waals surface area contributed by atoms with Crippen LogP contribution in [-0.4, -0.2) is 30.1 Å². The third-order valence-corrected chi connectivity index (χ3v) is 3.09. The highest BCUT2D eigenvalue weighted by Gasteiger charge is 2.13. The molecule has 0 aliphatic heterocycles. The molecule has 0 radical (unpaired) electrons. The first kappa shape index (κ1) is 18.4. The molecule has 0 aliphatic carbocycles. The molecule has 0 aliphatic rings. The van der Waals surface area contributed by atoms with Gasteiger partial charge in [0.15, 0.2) is 0 Å². The largest absolute Gasteiger partial charge is 0.868 e. The van der Waals surface area contributed by atoms with E-state index in [-0.39, 0.29) is 5.56 Å². The quantitative estimate of drug-likeness (QED) is 0.350. The highest BCUT2D eigenvalue weighted by atomic mass is 16.6. The highest BCUT2D eigenvalue weighted by Crippen LogP contribution is 2.22. The number of hydrazone groups is 1. The summed E-state index contributed by atoms with van der Waals surface area (Å²) in [6, 6.07) is 9.72. The second-order valence-corrected chi connectivity index (χ2v) is 4.87. The van der Waals surface area contributed by atoms with Crippen molar-refractivity contribution in [3.8, 4) is 11.5 Å². The molecule has 26 heavy (non-hydrogen) atoms. The summed E-state index contributed by atoms with van der Waals surface area (Å²) in [6.07, 6.45) is 1.07. The van der Waals surface area contributed by atoms with Crippen LogP contribution in [-0.2, 0) is 9.59 Å². The summed E-state index contributed by atoms with van der Waals surface area (Å²) in [5, 5.41) is 27.9. The molecular formula is C16H13N4O6-. The predicted octanol–water partition coefficient (Wildman–Crippen LogP) is 0.766. The first-order chi connectivity index (χ1) is 12.4. The molecule has 0 aromatic heterocycles. The number of nitro groups is 1. The van der Waals surface area contributed by atoms with Crippen LogP contribution < -0.4 is 20.6 Å². The van der Waals surface area contributed by atoms with Crippen molar-refractivity contribution in [1.29, 1.82) is 0 Å². The molecule has 0 saturated carbocycles. The molecule has 0 fully saturated rings. The molecule has 0 bridgehead atoms. The third kappa shape index (κ3) is 4.77. The van der Waals surface area contributed by atoms with Crippen LogP contribution >= 0.6 is 0 Å². The van der Waals surface area contributed by atoms with Crippen LogP contribution in [0.4, 0.5) is 11.4 Å². The Bertz CT molecular complexity index is 881. The van der Waals surface area contributed by atoms with Gasteiger partial charge >= 0.3 is 11.8 Å². The van der Waals surface area contributed by atoms with Gasteiger partial charge in [-0.3, -0.25) is 19.7 Å². The Hall–Kier alpha value is -3.95. The number of nitrogens with one attached hydrogen (secondary N) is 2. The zero-order valence-electron chi connectivity index (χ0n) is 13.5. The maximum Gasteiger partial charge on any atom is 0.329 e. The van der Waals surface area contributed by atoms with E-state index in [1.807, 2.05) is 5.43 Å². The summed E-state index contributed by atoms with van der Waals surface area (Å²) in [5.74, 6) is -2.24. The molecule has 0 unspecified atom stereocenters. The zero-order chi connectivity index (χ0) is 19.1. The first-order valence-corrected chi connectivity index (χ1v) is 7.14. The minimum absolute atomic E-state index is 0.213. The van der Waals surface area contributed by atoms with Gasteiger partial charge in [-0.15, -0.1) is 0 Å². The number of hydrogen-bond donors (Lipinski definition) is 2. The summed E-state index contributed by atoms with van der Waals surface area (Å²) < 4.78 is 5.00. The van der Waals surface area contributed by atoms with Crippen LogP contribution in [0.15, 0.2) is 47.6 Å². The lowest BCUT2D eigenvalue weighted by Crippen LogP contribution is -2.32. The molecule has 10 nitrogen and oxygen atoms in total. The number of ether oxygens (including phenoxy) is 1. The first-order valence-electron chi connectivity index (χ1n) is 7.14. The lowest BCUT2D eigenvalue weighted by atomic mass is 10.2. The number of methoxy groups -OCH3 is 1. The maximum absolute atomic E-state index is 11.8. The van der Waals surface area contributed by atoms with E-state index in [4.69, 9.17) is 4.74 Å². The van der Waals surface area contributed by atoms with Gasteiger partial charge in [-0.25, -0.2) is 5.43 Å². The van der Waals surface area contributed by atoms with Crippen LogP contribution in [0.25, 0.3) is 0 Å². The number of hydrogen-bond acceptors (Lipinski definition) is 7. The number of benzene rings is 2. The molecule has 2 rings (SSSR count). The smallest absolute Gasteiger partial charge is 0.329 e. The summed E-state index contributed by atoms with van der Waals surface area (Å²) in [6.45, 7) is 0. The Morgan fingerprint density at radius 3 is 2.65 bits per heavy atom. The Morgan fingerprint density at radius 2 is 1.96 bits per heavy atom. The number of anilines is 1. The fourth-order valence-electron chi connectivity index (χ4n) is 1.86. The van der Waals surface area contributed by atoms with Crippen LogP contribution in [0.1, 0.15) is 5.56 Å². The van der Waals surface area contributed by atoms with E-state index in [0.29, 0.717) is 11.4 Å². The van der Waals surface area contributed by atoms with Gasteiger partial charge in [-0.1, -0.05) is 18.2 Å². The molecule has 2 amide bonds. The number of carbonyl (C=O) groups excluding carboxylic acids is 2. The van der Waals surface area contributed by atoms with Gasteiger partial charge in [0.2, 0.25) is 0 Å². The molecule has 0 heterocycles. The monoisotopic (exact) mass is 357 g/mol. The van der Waals surface area contributed by atoms with Crippen molar-refractivity contribution >= 4 is 29.4 Å². The molecule has 134 valence electrons. The summed E-state index contributed by atoms with van der Waals surface area (Å²) >= 11 is 0. The minimum atomic E-state index is -1.04. The van der Waals surface area contributed by atoms with E-state index in [0.717, 1.165) is 18.3 Å². The number of nitrogens with zero attached hydrogens (tertiary/aromatic N) is 2. The zero-order valence-corrected chi connectivity index (χ0v) is 13.5. The molecule has 2 N–H and O–H groups in total. The molecule has 2 aromatic rings. The van der Waals surface area contributed by atoms with E-state index < -0.39 is 28.2 Å². The molecule has 0 saturated heterocycles. The lowest BCUT2D eigenvalue weighted by Gasteiger charge is -2.06. The van der Waals surface area contributed by atoms with Gasteiger partial charge in [0, 0.05) is 23.4 Å². The SMILES string of the molecule is COc1cccc(NC(=O)C(=O)N/N=C\c2ccc([O-])c([N+](=O)[O-])c2)c1. The molecule has 10 heteroatoms. The summed E-state index contributed by atoms with van der Waals surface area (Å²) in [7, 11) is 1.46. The van der Waals surface area contributed by atoms with Gasteiger partial charge in [0.25, 0.3) is 5.69 Å². The number of amides is 2. The Labute approximate surface area is 147 Å². The second-order valence-electron chi connectivity index (χ2n) is 4.87. The topological polar surface area (TPSA) is 146 Å². The van der Waals surface area contributed by atoms with Gasteiger partial charge in [-0.2, -0.15) is 5.10 Å². The van der Waals surface area contributed by atoms with Crippen molar-refractivity contribution in [3.63, 3.8) is 0 Å². The second kappa shape index (κ2) is 8.24. The van der Waals surface area contributed by atoms with Crippen molar-refractivity contribution in [2.24, 2.45) is 5.10 Å². The Morgan fingerprint density at radius 1 is 1.19 bits per heavy atom. The third-order valence-electron chi connectivity index (χ3n) is 3.09. The molecular weight excluding hydrogens is 344 g/mol. The van der Waals surface area contributed by atoms with E-state index in [1.165, 1.54) is 19.2 Å². The van der Waals surface area contributed by atoms with E-state index in [2.05, 4.69) is 10.4 Å². The van der Waals surface area contributed by atoms with Gasteiger partial charge in [-0.05, 0) is 17.9 Å². The summed E-state index contributed by atoms with van der Waals surface area (Å²) in [4.78, 5) is 33.3. The van der Waals surface area contributed by atoms with Gasteiger partial charge in [0.1, 0.15) is 5.75 Å². The van der Waals surface area contributed by atoms with E-state index in [1.54, 1.807) is 18.2 Å². The fraction of sp³-hybridized carbons (Fsp3) is 0.0625. The molecule has 0 spiro atoms. The maximum atomic E-state index is 11.8. The van der Waals surface area contributed by atoms with Crippen molar-refractivity contribution in [3.05, 3.63) is 58.1 Å². The van der Waals surface area contributed by atoms with E-state index >= 15 is 0 Å². The lowest BCUT2D eigenvalue weighted by molar-refractivity contribution is -0.398. The predicted molar refractivity (Wildman–Crippen MR) is 89.9 cm³/mol. The minimum Gasteiger partial charge on any atom is -0.868 e. The van der Waals surface area contributed by atoms with Crippen molar-refractivity contribution in [2.75, 3.05) is 12.4 Å². The van der Waals surface area contributed by atoms with Crippen molar-refractivity contribution in [1.82, 2.24) is 5.43 Å². The van der Waals surface area contributed by atoms with Crippen molar-refractivity contribution in [2.45, 2.75) is 0 Å². The van der Waals surface area contributed by atoms with Crippen LogP contribution in [0.2, 0.25) is 0 Å². The summed E-state index contributed by atoms with van der Waals surface area (Å²) in [5.41, 5.74) is 1.94. The van der Waals surface area contributed by atoms with Crippen LogP contribution in [0.3, 0.4) is 0 Å². The average molecular weight is 357 g/mol. The normalized spacial score (nSPS) is 10.3. The Kier molecular flexibility index (Phi) is 5.83. The van der Waals surface area contributed by atoms with Gasteiger partial charge < -0.3 is 15.2 Å². The molecule has 2 aromatic carbocycles. The number of carbonyl (C=O) groups is 2. The average Bonchev–Trinajstić information content (AvgIpc) is 2.62. The van der Waals surface area contributed by atoms with Crippen LogP contribution in [0.5, 0.6) is 11.5 Å². The Balaban J connectivity index is 1.97. The standard InChI is InChI=1S/C16H14N4O6/c1-26-12-4-2-3-11(8-12)18-15(22)16(23)19-17-9-10-5-6-14(21)13(7-10)20(24)25/h2-9,21H,1H3,(H,18,22)(H,19,23)/p-1/b17-9-. The molecule has 0 atom stereocenters. The fourth-order valence-corrected chi connectivity index (χ4v) is 1.86.